The highest BCUT2D eigenvalue weighted by atomic mass is 32.2. The number of anilines is 2. The maximum atomic E-state index is 12.8. The van der Waals surface area contributed by atoms with Crippen molar-refractivity contribution in [2.24, 2.45) is 0 Å². The molecular weight excluding hydrogens is 380 g/mol. The minimum absolute atomic E-state index is 0.174. The lowest BCUT2D eigenvalue weighted by molar-refractivity contribution is -0.113. The Morgan fingerprint density at radius 1 is 1.11 bits per heavy atom. The second-order valence-electron chi connectivity index (χ2n) is 6.04. The number of hydrogen-bond donors (Lipinski definition) is 0. The maximum Gasteiger partial charge on any atom is 0.337 e. The number of esters is 1. The lowest BCUT2D eigenvalue weighted by Crippen LogP contribution is -2.27. The molecule has 0 aromatic heterocycles. The van der Waals surface area contributed by atoms with Crippen LogP contribution in [0.1, 0.15) is 15.9 Å². The molecule has 0 bridgehead atoms. The largest absolute Gasteiger partial charge is 0.465 e. The van der Waals surface area contributed by atoms with Crippen LogP contribution >= 0.6 is 24.0 Å². The molecule has 1 heterocycles. The van der Waals surface area contributed by atoms with Gasteiger partial charge in [0.1, 0.15) is 0 Å². The quantitative estimate of drug-likeness (QED) is 0.442. The van der Waals surface area contributed by atoms with Crippen LogP contribution in [0.3, 0.4) is 0 Å². The van der Waals surface area contributed by atoms with Crippen LogP contribution in [-0.4, -0.2) is 37.4 Å². The van der Waals surface area contributed by atoms with Crippen molar-refractivity contribution >= 4 is 57.6 Å². The molecule has 0 unspecified atom stereocenters. The molecule has 1 saturated heterocycles. The summed E-state index contributed by atoms with van der Waals surface area (Å²) in [6.45, 7) is 0. The fraction of sp³-hybridized carbons (Fsp3) is 0.150. The van der Waals surface area contributed by atoms with Crippen LogP contribution in [0.5, 0.6) is 0 Å². The lowest BCUT2D eigenvalue weighted by Gasteiger charge is -2.14. The molecule has 0 radical (unpaired) electrons. The average molecular weight is 399 g/mol. The smallest absolute Gasteiger partial charge is 0.337 e. The van der Waals surface area contributed by atoms with E-state index < -0.39 is 5.97 Å². The number of methoxy groups -OCH3 is 1. The highest BCUT2D eigenvalue weighted by Crippen LogP contribution is 2.36. The number of amides is 1. The first-order chi connectivity index (χ1) is 12.9. The molecule has 138 valence electrons. The molecule has 3 rings (SSSR count). The Kier molecular flexibility index (Phi) is 5.62. The van der Waals surface area contributed by atoms with Crippen molar-refractivity contribution in [2.45, 2.75) is 0 Å². The fourth-order valence-electron chi connectivity index (χ4n) is 2.57. The van der Waals surface area contributed by atoms with Crippen molar-refractivity contribution in [1.82, 2.24) is 0 Å². The number of thioether (sulfide) groups is 1. The van der Waals surface area contributed by atoms with Crippen molar-refractivity contribution in [3.8, 4) is 0 Å². The van der Waals surface area contributed by atoms with E-state index in [-0.39, 0.29) is 5.91 Å². The zero-order chi connectivity index (χ0) is 19.6. The predicted molar refractivity (Wildman–Crippen MR) is 114 cm³/mol. The first-order valence-electron chi connectivity index (χ1n) is 8.14. The molecule has 1 aliphatic rings. The first kappa shape index (κ1) is 19.1. The molecule has 5 nitrogen and oxygen atoms in total. The zero-order valence-electron chi connectivity index (χ0n) is 15.1. The summed E-state index contributed by atoms with van der Waals surface area (Å²) in [5, 5.41) is 0. The molecule has 0 N–H and O–H groups in total. The fourth-order valence-corrected chi connectivity index (χ4v) is 3.87. The van der Waals surface area contributed by atoms with Crippen LogP contribution in [0, 0.1) is 0 Å². The molecular formula is C20H18N2O3S2. The van der Waals surface area contributed by atoms with Gasteiger partial charge in [-0.1, -0.05) is 36.1 Å². The van der Waals surface area contributed by atoms with Gasteiger partial charge in [-0.3, -0.25) is 9.69 Å². The Balaban J connectivity index is 1.83. The maximum absolute atomic E-state index is 12.8. The number of carbonyl (C=O) groups is 2. The van der Waals surface area contributed by atoms with Crippen molar-refractivity contribution in [2.75, 3.05) is 31.0 Å². The lowest BCUT2D eigenvalue weighted by atomic mass is 10.1. The van der Waals surface area contributed by atoms with E-state index in [1.807, 2.05) is 49.3 Å². The second-order valence-corrected chi connectivity index (χ2v) is 7.72. The van der Waals surface area contributed by atoms with Gasteiger partial charge in [0.25, 0.3) is 5.91 Å². The average Bonchev–Trinajstić information content (AvgIpc) is 2.95. The topological polar surface area (TPSA) is 49.9 Å². The number of nitrogens with zero attached hydrogens (tertiary/aromatic N) is 2. The van der Waals surface area contributed by atoms with Crippen molar-refractivity contribution < 1.29 is 14.3 Å². The molecule has 2 aromatic rings. The van der Waals surface area contributed by atoms with Crippen molar-refractivity contribution in [3.05, 3.63) is 64.6 Å². The van der Waals surface area contributed by atoms with Gasteiger partial charge in [0, 0.05) is 19.8 Å². The van der Waals surface area contributed by atoms with E-state index >= 15 is 0 Å². The second kappa shape index (κ2) is 7.94. The summed E-state index contributed by atoms with van der Waals surface area (Å²) >= 11 is 6.65. The van der Waals surface area contributed by atoms with E-state index in [0.717, 1.165) is 11.3 Å². The van der Waals surface area contributed by atoms with Crippen LogP contribution in [-0.2, 0) is 9.53 Å². The van der Waals surface area contributed by atoms with Crippen molar-refractivity contribution in [1.29, 1.82) is 0 Å². The van der Waals surface area contributed by atoms with E-state index in [9.17, 15) is 9.59 Å². The summed E-state index contributed by atoms with van der Waals surface area (Å²) < 4.78 is 5.15. The third-order valence-corrected chi connectivity index (χ3v) is 5.35. The summed E-state index contributed by atoms with van der Waals surface area (Å²) in [4.78, 5) is 28.4. The van der Waals surface area contributed by atoms with Gasteiger partial charge in [-0.2, -0.15) is 0 Å². The molecule has 0 saturated carbocycles. The van der Waals surface area contributed by atoms with Gasteiger partial charge in [-0.25, -0.2) is 4.79 Å². The number of hydrogen-bond acceptors (Lipinski definition) is 6. The minimum Gasteiger partial charge on any atom is -0.465 e. The van der Waals surface area contributed by atoms with Gasteiger partial charge in [-0.15, -0.1) is 0 Å². The minimum atomic E-state index is -0.423. The number of rotatable bonds is 4. The van der Waals surface area contributed by atoms with E-state index in [1.54, 1.807) is 24.3 Å². The summed E-state index contributed by atoms with van der Waals surface area (Å²) in [6.07, 6.45) is 1.83. The van der Waals surface area contributed by atoms with E-state index in [1.165, 1.54) is 23.8 Å². The molecule has 0 atom stereocenters. The summed E-state index contributed by atoms with van der Waals surface area (Å²) in [7, 11) is 5.28. The molecule has 0 aliphatic carbocycles. The SMILES string of the molecule is COC(=O)c1ccc(N2C(=O)/C(=C\c3ccc(N(C)C)cc3)SC2=S)cc1. The van der Waals surface area contributed by atoms with Crippen LogP contribution in [0.15, 0.2) is 53.4 Å². The summed E-state index contributed by atoms with van der Waals surface area (Å²) in [5.74, 6) is -0.597. The zero-order valence-corrected chi connectivity index (χ0v) is 16.8. The van der Waals surface area contributed by atoms with Gasteiger partial charge in [0.05, 0.1) is 23.3 Å². The van der Waals surface area contributed by atoms with Crippen LogP contribution in [0.4, 0.5) is 11.4 Å². The highest BCUT2D eigenvalue weighted by molar-refractivity contribution is 8.27. The third-order valence-electron chi connectivity index (χ3n) is 4.05. The van der Waals surface area contributed by atoms with Crippen LogP contribution < -0.4 is 9.80 Å². The first-order valence-corrected chi connectivity index (χ1v) is 9.37. The molecule has 1 amide bonds. The normalized spacial score (nSPS) is 15.4. The standard InChI is InChI=1S/C20H18N2O3S2/c1-21(2)15-8-4-13(5-9-15)12-17-18(23)22(20(26)27-17)16-10-6-14(7-11-16)19(24)25-3/h4-12H,1-3H3/b17-12+. The Hall–Kier alpha value is -2.64. The number of carbonyl (C=O) groups excluding carboxylic acids is 2. The predicted octanol–water partition coefficient (Wildman–Crippen LogP) is 3.95. The Morgan fingerprint density at radius 2 is 1.74 bits per heavy atom. The summed E-state index contributed by atoms with van der Waals surface area (Å²) in [6, 6.07) is 14.5. The Labute approximate surface area is 167 Å². The Morgan fingerprint density at radius 3 is 2.30 bits per heavy atom. The molecule has 7 heteroatoms. The molecule has 2 aromatic carbocycles. The van der Waals surface area contributed by atoms with Gasteiger partial charge in [0.15, 0.2) is 4.32 Å². The highest BCUT2D eigenvalue weighted by Gasteiger charge is 2.33. The van der Waals surface area contributed by atoms with Crippen LogP contribution in [0.2, 0.25) is 0 Å². The van der Waals surface area contributed by atoms with Crippen molar-refractivity contribution in [3.63, 3.8) is 0 Å². The van der Waals surface area contributed by atoms with Gasteiger partial charge < -0.3 is 9.64 Å². The molecule has 0 spiro atoms. The molecule has 27 heavy (non-hydrogen) atoms. The Bertz CT molecular complexity index is 919. The van der Waals surface area contributed by atoms with Gasteiger partial charge in [0.2, 0.25) is 0 Å². The van der Waals surface area contributed by atoms with Crippen LogP contribution in [0.25, 0.3) is 6.08 Å². The van der Waals surface area contributed by atoms with Gasteiger partial charge in [-0.05, 0) is 48.0 Å². The molecule has 1 aliphatic heterocycles. The van der Waals surface area contributed by atoms with E-state index in [4.69, 9.17) is 12.2 Å². The number of benzene rings is 2. The van der Waals surface area contributed by atoms with E-state index in [2.05, 4.69) is 4.74 Å². The van der Waals surface area contributed by atoms with E-state index in [0.29, 0.717) is 20.5 Å². The van der Waals surface area contributed by atoms with Gasteiger partial charge >= 0.3 is 5.97 Å². The number of ether oxygens (including phenoxy) is 1. The summed E-state index contributed by atoms with van der Waals surface area (Å²) in [5.41, 5.74) is 3.06. The third kappa shape index (κ3) is 4.04. The number of thiocarbonyl (C=S) groups is 1. The monoisotopic (exact) mass is 398 g/mol. The molecule has 1 fully saturated rings.